The Kier molecular flexibility index (Phi) is 13.6. The summed E-state index contributed by atoms with van der Waals surface area (Å²) in [4.78, 5) is 82.0. The number of hydrogen-bond acceptors (Lipinski definition) is 8. The first kappa shape index (κ1) is 31.2. The van der Waals surface area contributed by atoms with Crippen LogP contribution in [0.4, 0.5) is 0 Å². The standard InChI is InChI=1S/C20H33N5O10/c1-3-9(2)16(25-17(31)10(21)4-6-13(22)26)19(33)24-12(8-15(29)30)18(32)23-11(20(34)35)5-7-14(27)28/h9-12,16H,3-8,21H2,1-2H3,(H2,22,26)(H,23,32)(H,24,33)(H,25,31)(H,27,28)(H,29,30)(H,34,35). The van der Waals surface area contributed by atoms with E-state index in [9.17, 15) is 38.7 Å². The molecule has 5 atom stereocenters. The first-order valence-electron chi connectivity index (χ1n) is 10.8. The Morgan fingerprint density at radius 1 is 0.771 bits per heavy atom. The number of carbonyl (C=O) groups excluding carboxylic acids is 4. The predicted octanol–water partition coefficient (Wildman–Crippen LogP) is -2.50. The number of amides is 4. The number of nitrogens with two attached hydrogens (primary N) is 2. The van der Waals surface area contributed by atoms with Gasteiger partial charge in [-0.15, -0.1) is 0 Å². The molecule has 35 heavy (non-hydrogen) atoms. The third-order valence-corrected chi connectivity index (χ3v) is 5.10. The van der Waals surface area contributed by atoms with Crippen molar-refractivity contribution in [1.29, 1.82) is 0 Å². The quantitative estimate of drug-likeness (QED) is 0.103. The number of primary amides is 1. The molecule has 0 bridgehead atoms. The highest BCUT2D eigenvalue weighted by atomic mass is 16.4. The van der Waals surface area contributed by atoms with Crippen molar-refractivity contribution in [3.63, 3.8) is 0 Å². The largest absolute Gasteiger partial charge is 0.481 e. The molecule has 4 amide bonds. The van der Waals surface area contributed by atoms with E-state index in [4.69, 9.17) is 21.7 Å². The van der Waals surface area contributed by atoms with E-state index >= 15 is 0 Å². The summed E-state index contributed by atoms with van der Waals surface area (Å²) in [5, 5.41) is 33.7. The predicted molar refractivity (Wildman–Crippen MR) is 118 cm³/mol. The summed E-state index contributed by atoms with van der Waals surface area (Å²) in [7, 11) is 0. The fourth-order valence-electron chi connectivity index (χ4n) is 2.83. The summed E-state index contributed by atoms with van der Waals surface area (Å²) in [5.41, 5.74) is 10.7. The van der Waals surface area contributed by atoms with E-state index in [1.165, 1.54) is 0 Å². The maximum absolute atomic E-state index is 12.9. The smallest absolute Gasteiger partial charge is 0.326 e. The number of aliphatic carboxylic acids is 3. The van der Waals surface area contributed by atoms with Gasteiger partial charge in [0.25, 0.3) is 0 Å². The highest BCUT2D eigenvalue weighted by molar-refractivity contribution is 5.95. The van der Waals surface area contributed by atoms with Crippen LogP contribution in [0.25, 0.3) is 0 Å². The van der Waals surface area contributed by atoms with Crippen LogP contribution in [0.3, 0.4) is 0 Å². The van der Waals surface area contributed by atoms with Crippen LogP contribution >= 0.6 is 0 Å². The van der Waals surface area contributed by atoms with Gasteiger partial charge in [-0.25, -0.2) is 4.79 Å². The fourth-order valence-corrected chi connectivity index (χ4v) is 2.83. The fraction of sp³-hybridized carbons (Fsp3) is 0.650. The number of rotatable bonds is 17. The summed E-state index contributed by atoms with van der Waals surface area (Å²) in [5.74, 6) is -8.35. The topological polar surface area (TPSA) is 268 Å². The molecule has 0 aliphatic rings. The monoisotopic (exact) mass is 503 g/mol. The molecule has 5 unspecified atom stereocenters. The van der Waals surface area contributed by atoms with Gasteiger partial charge in [-0.2, -0.15) is 0 Å². The van der Waals surface area contributed by atoms with Crippen LogP contribution in [0.5, 0.6) is 0 Å². The molecule has 0 fully saturated rings. The van der Waals surface area contributed by atoms with E-state index < -0.39 is 90.9 Å². The van der Waals surface area contributed by atoms with Crippen LogP contribution in [-0.4, -0.2) is 81.0 Å². The van der Waals surface area contributed by atoms with E-state index in [2.05, 4.69) is 10.6 Å². The van der Waals surface area contributed by atoms with Crippen molar-refractivity contribution in [2.75, 3.05) is 0 Å². The minimum Gasteiger partial charge on any atom is -0.481 e. The average molecular weight is 504 g/mol. The van der Waals surface area contributed by atoms with Crippen LogP contribution in [0.15, 0.2) is 0 Å². The van der Waals surface area contributed by atoms with E-state index in [0.717, 1.165) is 0 Å². The van der Waals surface area contributed by atoms with Gasteiger partial charge < -0.3 is 42.7 Å². The van der Waals surface area contributed by atoms with Gasteiger partial charge in [0.2, 0.25) is 23.6 Å². The van der Waals surface area contributed by atoms with Crippen molar-refractivity contribution in [1.82, 2.24) is 16.0 Å². The molecule has 0 aromatic heterocycles. The van der Waals surface area contributed by atoms with Crippen LogP contribution < -0.4 is 27.4 Å². The average Bonchev–Trinajstić information content (AvgIpc) is 2.76. The van der Waals surface area contributed by atoms with Gasteiger partial charge in [-0.05, 0) is 18.8 Å². The molecule has 0 spiro atoms. The second-order valence-electron chi connectivity index (χ2n) is 7.97. The number of hydrogen-bond donors (Lipinski definition) is 8. The van der Waals surface area contributed by atoms with Crippen LogP contribution in [0, 0.1) is 5.92 Å². The molecule has 0 aliphatic carbocycles. The number of nitrogens with one attached hydrogen (secondary N) is 3. The van der Waals surface area contributed by atoms with E-state index in [-0.39, 0.29) is 12.8 Å². The van der Waals surface area contributed by atoms with E-state index in [0.29, 0.717) is 6.42 Å². The normalized spacial score (nSPS) is 14.9. The van der Waals surface area contributed by atoms with Gasteiger partial charge in [0.15, 0.2) is 0 Å². The molecule has 0 aromatic rings. The summed E-state index contributed by atoms with van der Waals surface area (Å²) in [6.07, 6.45) is -1.82. The minimum atomic E-state index is -1.72. The molecule has 0 saturated carbocycles. The minimum absolute atomic E-state index is 0.0764. The SMILES string of the molecule is CCC(C)C(NC(=O)C(N)CCC(N)=O)C(=O)NC(CC(=O)O)C(=O)NC(CCC(=O)O)C(=O)O. The van der Waals surface area contributed by atoms with Gasteiger partial charge in [-0.3, -0.25) is 28.8 Å². The lowest BCUT2D eigenvalue weighted by molar-refractivity contribution is -0.144. The maximum atomic E-state index is 12.9. The molecule has 10 N–H and O–H groups in total. The molecule has 0 saturated heterocycles. The van der Waals surface area contributed by atoms with Gasteiger partial charge >= 0.3 is 17.9 Å². The van der Waals surface area contributed by atoms with Crippen LogP contribution in [-0.2, 0) is 33.6 Å². The van der Waals surface area contributed by atoms with Gasteiger partial charge in [0.05, 0.1) is 12.5 Å². The van der Waals surface area contributed by atoms with E-state index in [1.54, 1.807) is 13.8 Å². The Morgan fingerprint density at radius 3 is 1.80 bits per heavy atom. The Morgan fingerprint density at radius 2 is 1.34 bits per heavy atom. The summed E-state index contributed by atoms with van der Waals surface area (Å²) >= 11 is 0. The molecule has 0 aromatic carbocycles. The highest BCUT2D eigenvalue weighted by Crippen LogP contribution is 2.10. The van der Waals surface area contributed by atoms with Crippen molar-refractivity contribution in [2.45, 2.75) is 76.5 Å². The summed E-state index contributed by atoms with van der Waals surface area (Å²) in [6, 6.07) is -5.76. The number of carboxylic acids is 3. The van der Waals surface area contributed by atoms with Gasteiger partial charge in [0.1, 0.15) is 18.1 Å². The molecule has 198 valence electrons. The van der Waals surface area contributed by atoms with Crippen LogP contribution in [0.1, 0.15) is 52.4 Å². The molecule has 0 heterocycles. The van der Waals surface area contributed by atoms with Gasteiger partial charge in [-0.1, -0.05) is 20.3 Å². The summed E-state index contributed by atoms with van der Waals surface area (Å²) in [6.45, 7) is 3.32. The third-order valence-electron chi connectivity index (χ3n) is 5.10. The zero-order valence-electron chi connectivity index (χ0n) is 19.5. The molecule has 15 nitrogen and oxygen atoms in total. The number of carboxylic acid groups (broad SMARTS) is 3. The molecule has 0 aliphatic heterocycles. The molecule has 15 heteroatoms. The van der Waals surface area contributed by atoms with Crippen molar-refractivity contribution < 1.29 is 48.9 Å². The Balaban J connectivity index is 5.56. The Hall–Kier alpha value is -3.75. The first-order chi connectivity index (χ1) is 16.2. The van der Waals surface area contributed by atoms with Gasteiger partial charge in [0, 0.05) is 12.8 Å². The zero-order chi connectivity index (χ0) is 27.3. The Bertz CT molecular complexity index is 818. The lowest BCUT2D eigenvalue weighted by Gasteiger charge is -2.27. The zero-order valence-corrected chi connectivity index (χ0v) is 19.5. The second-order valence-corrected chi connectivity index (χ2v) is 7.97. The molecule has 0 radical (unpaired) electrons. The van der Waals surface area contributed by atoms with E-state index in [1.807, 2.05) is 5.32 Å². The molecule has 0 rings (SSSR count). The lowest BCUT2D eigenvalue weighted by atomic mass is 9.97. The molecular weight excluding hydrogens is 470 g/mol. The van der Waals surface area contributed by atoms with Crippen molar-refractivity contribution >= 4 is 41.5 Å². The molecular formula is C20H33N5O10. The summed E-state index contributed by atoms with van der Waals surface area (Å²) < 4.78 is 0. The number of carbonyl (C=O) groups is 7. The lowest BCUT2D eigenvalue weighted by Crippen LogP contribution is -2.59. The first-order valence-corrected chi connectivity index (χ1v) is 10.8. The van der Waals surface area contributed by atoms with Crippen molar-refractivity contribution in [2.24, 2.45) is 17.4 Å². The van der Waals surface area contributed by atoms with Crippen molar-refractivity contribution in [3.05, 3.63) is 0 Å². The Labute approximate surface area is 201 Å². The third kappa shape index (κ3) is 12.3. The van der Waals surface area contributed by atoms with Crippen LogP contribution in [0.2, 0.25) is 0 Å². The second kappa shape index (κ2) is 15.2. The van der Waals surface area contributed by atoms with Crippen molar-refractivity contribution in [3.8, 4) is 0 Å². The maximum Gasteiger partial charge on any atom is 0.326 e. The highest BCUT2D eigenvalue weighted by Gasteiger charge is 2.33.